The monoisotopic (exact) mass is 297 g/mol. The van der Waals surface area contributed by atoms with E-state index >= 15 is 0 Å². The highest BCUT2D eigenvalue weighted by Gasteiger charge is 2.15. The van der Waals surface area contributed by atoms with Gasteiger partial charge in [0.1, 0.15) is 6.61 Å². The van der Waals surface area contributed by atoms with Crippen LogP contribution in [0.2, 0.25) is 5.02 Å². The Hall–Kier alpha value is -1.59. The van der Waals surface area contributed by atoms with E-state index in [-0.39, 0.29) is 12.5 Å². The Morgan fingerprint density at radius 2 is 2.10 bits per heavy atom. The molecule has 110 valence electrons. The molecule has 0 bridgehead atoms. The summed E-state index contributed by atoms with van der Waals surface area (Å²) in [7, 11) is 3.28. The zero-order valence-electron chi connectivity index (χ0n) is 12.5. The number of nitrogens with one attached hydrogen (secondary N) is 1. The van der Waals surface area contributed by atoms with Crippen molar-refractivity contribution < 1.29 is 9.53 Å². The summed E-state index contributed by atoms with van der Waals surface area (Å²) >= 11 is 6.17. The first kappa shape index (κ1) is 16.5. The summed E-state index contributed by atoms with van der Waals surface area (Å²) < 4.78 is 6.48. The predicted octanol–water partition coefficient (Wildman–Crippen LogP) is 3.15. The first-order valence-electron chi connectivity index (χ1n) is 6.45. The van der Waals surface area contributed by atoms with Crippen molar-refractivity contribution in [3.8, 4) is 0 Å². The number of methoxy groups -OCH3 is 1. The van der Waals surface area contributed by atoms with Crippen molar-refractivity contribution in [3.63, 3.8) is 0 Å². The van der Waals surface area contributed by atoms with Gasteiger partial charge in [-0.25, -0.2) is 0 Å². The van der Waals surface area contributed by atoms with Gasteiger partial charge in [-0.15, -0.1) is 0 Å². The van der Waals surface area contributed by atoms with Crippen molar-refractivity contribution in [2.24, 2.45) is 7.05 Å². The van der Waals surface area contributed by atoms with E-state index in [1.165, 1.54) is 7.11 Å². The van der Waals surface area contributed by atoms with Gasteiger partial charge in [-0.2, -0.15) is 5.10 Å². The van der Waals surface area contributed by atoms with Crippen LogP contribution < -0.4 is 5.32 Å². The highest BCUT2D eigenvalue weighted by molar-refractivity contribution is 6.36. The van der Waals surface area contributed by atoms with Crippen LogP contribution in [0, 0.1) is 6.92 Å². The highest BCUT2D eigenvalue weighted by Crippen LogP contribution is 2.31. The number of aryl methyl sites for hydroxylation is 2. The molecule has 2 aromatic rings. The summed E-state index contributed by atoms with van der Waals surface area (Å²) in [6.07, 6.45) is 0. The molecule has 0 saturated heterocycles. The Kier molecular flexibility index (Phi) is 5.98. The molecular formula is C14H20ClN3O2. The van der Waals surface area contributed by atoms with E-state index < -0.39 is 0 Å². The van der Waals surface area contributed by atoms with Crippen molar-refractivity contribution in [2.45, 2.75) is 20.8 Å². The molecule has 0 atom stereocenters. The lowest BCUT2D eigenvalue weighted by atomic mass is 10.1. The Morgan fingerprint density at radius 3 is 2.70 bits per heavy atom. The van der Waals surface area contributed by atoms with Gasteiger partial charge in [-0.1, -0.05) is 31.5 Å². The summed E-state index contributed by atoms with van der Waals surface area (Å²) in [6, 6.07) is 3.72. The van der Waals surface area contributed by atoms with Crippen LogP contribution in [0.25, 0.3) is 10.9 Å². The van der Waals surface area contributed by atoms with E-state index in [1.54, 1.807) is 10.7 Å². The molecule has 0 aliphatic rings. The molecule has 1 amide bonds. The van der Waals surface area contributed by atoms with E-state index in [1.807, 2.05) is 33.9 Å². The van der Waals surface area contributed by atoms with Gasteiger partial charge < -0.3 is 10.1 Å². The summed E-state index contributed by atoms with van der Waals surface area (Å²) in [5, 5.41) is 8.29. The average Bonchev–Trinajstić information content (AvgIpc) is 2.74. The molecule has 0 aliphatic heterocycles. The van der Waals surface area contributed by atoms with Crippen molar-refractivity contribution in [2.75, 3.05) is 19.0 Å². The maximum absolute atomic E-state index is 11.5. The van der Waals surface area contributed by atoms with Crippen LogP contribution in [-0.4, -0.2) is 29.4 Å². The second-order valence-corrected chi connectivity index (χ2v) is 4.45. The van der Waals surface area contributed by atoms with Gasteiger partial charge in [-0.3, -0.25) is 9.48 Å². The topological polar surface area (TPSA) is 56.1 Å². The van der Waals surface area contributed by atoms with Crippen molar-refractivity contribution in [1.29, 1.82) is 0 Å². The fourth-order valence-corrected chi connectivity index (χ4v) is 2.19. The Balaban J connectivity index is 0.000000956. The molecule has 1 heterocycles. The Bertz CT molecular complexity index is 608. The Morgan fingerprint density at radius 1 is 1.45 bits per heavy atom. The van der Waals surface area contributed by atoms with E-state index in [0.717, 1.165) is 16.5 Å². The maximum atomic E-state index is 11.5. The zero-order chi connectivity index (χ0) is 15.3. The minimum atomic E-state index is -0.255. The maximum Gasteiger partial charge on any atom is 0.251 e. The molecule has 0 saturated carbocycles. The first-order valence-corrected chi connectivity index (χ1v) is 6.83. The number of hydrogen-bond donors (Lipinski definition) is 1. The predicted molar refractivity (Wildman–Crippen MR) is 82.3 cm³/mol. The minimum absolute atomic E-state index is 0.0124. The quantitative estimate of drug-likeness (QED) is 0.947. The number of ether oxygens (including phenoxy) is 1. The van der Waals surface area contributed by atoms with Gasteiger partial charge in [-0.05, 0) is 18.6 Å². The summed E-state index contributed by atoms with van der Waals surface area (Å²) in [6.45, 7) is 5.96. The van der Waals surface area contributed by atoms with Gasteiger partial charge in [0.05, 0.1) is 15.9 Å². The molecule has 0 aliphatic carbocycles. The van der Waals surface area contributed by atoms with Crippen molar-refractivity contribution >= 4 is 34.2 Å². The second-order valence-electron chi connectivity index (χ2n) is 4.04. The molecule has 6 heteroatoms. The lowest BCUT2D eigenvalue weighted by Gasteiger charge is -2.03. The van der Waals surface area contributed by atoms with Gasteiger partial charge in [0.25, 0.3) is 5.91 Å². The lowest BCUT2D eigenvalue weighted by Crippen LogP contribution is -2.17. The van der Waals surface area contributed by atoms with Crippen molar-refractivity contribution in [1.82, 2.24) is 9.78 Å². The molecule has 20 heavy (non-hydrogen) atoms. The molecule has 1 N–H and O–H groups in total. The van der Waals surface area contributed by atoms with Gasteiger partial charge >= 0.3 is 0 Å². The summed E-state index contributed by atoms with van der Waals surface area (Å²) in [5.41, 5.74) is 1.96. The van der Waals surface area contributed by atoms with Gasteiger partial charge in [0.15, 0.2) is 5.82 Å². The van der Waals surface area contributed by atoms with Crippen LogP contribution in [0.15, 0.2) is 12.1 Å². The van der Waals surface area contributed by atoms with Crippen LogP contribution in [0.1, 0.15) is 19.4 Å². The van der Waals surface area contributed by atoms with Crippen LogP contribution in [-0.2, 0) is 16.6 Å². The standard InChI is InChI=1S/C12H14ClN3O2.C2H6/c1-7-4-5-8(13)10-11(7)16(2)15-12(10)14-9(17)6-18-3;1-2/h4-5H,6H2,1-3H3,(H,14,15,17);1-2H3. The minimum Gasteiger partial charge on any atom is -0.375 e. The fraction of sp³-hybridized carbons (Fsp3) is 0.429. The van der Waals surface area contributed by atoms with Gasteiger partial charge in [0.2, 0.25) is 0 Å². The number of amides is 1. The number of halogens is 1. The number of fused-ring (bicyclic) bond motifs is 1. The summed E-state index contributed by atoms with van der Waals surface area (Å²) in [5.74, 6) is 0.207. The molecule has 5 nitrogen and oxygen atoms in total. The van der Waals surface area contributed by atoms with E-state index in [2.05, 4.69) is 10.4 Å². The average molecular weight is 298 g/mol. The van der Waals surface area contributed by atoms with Crippen LogP contribution in [0.4, 0.5) is 5.82 Å². The van der Waals surface area contributed by atoms with Crippen molar-refractivity contribution in [3.05, 3.63) is 22.7 Å². The third kappa shape index (κ3) is 3.29. The highest BCUT2D eigenvalue weighted by atomic mass is 35.5. The second kappa shape index (κ2) is 7.26. The molecule has 1 aromatic carbocycles. The molecule has 0 spiro atoms. The van der Waals surface area contributed by atoms with E-state index in [4.69, 9.17) is 16.3 Å². The number of rotatable bonds is 3. The first-order chi connectivity index (χ1) is 9.54. The number of benzene rings is 1. The number of hydrogen-bond acceptors (Lipinski definition) is 3. The van der Waals surface area contributed by atoms with Gasteiger partial charge in [0, 0.05) is 14.2 Å². The van der Waals surface area contributed by atoms with E-state index in [0.29, 0.717) is 10.8 Å². The molecule has 0 fully saturated rings. The third-order valence-electron chi connectivity index (χ3n) is 2.67. The smallest absolute Gasteiger partial charge is 0.251 e. The number of carbonyl (C=O) groups is 1. The van der Waals surface area contributed by atoms with Crippen LogP contribution in [0.5, 0.6) is 0 Å². The zero-order valence-corrected chi connectivity index (χ0v) is 13.2. The fourth-order valence-electron chi connectivity index (χ4n) is 1.95. The number of carbonyl (C=O) groups excluding carboxylic acids is 1. The summed E-state index contributed by atoms with van der Waals surface area (Å²) in [4.78, 5) is 11.5. The number of nitrogens with zero attached hydrogens (tertiary/aromatic N) is 2. The largest absolute Gasteiger partial charge is 0.375 e. The van der Waals surface area contributed by atoms with Crippen LogP contribution >= 0.6 is 11.6 Å². The van der Waals surface area contributed by atoms with E-state index in [9.17, 15) is 4.79 Å². The lowest BCUT2D eigenvalue weighted by molar-refractivity contribution is -0.119. The number of aromatic nitrogens is 2. The van der Waals surface area contributed by atoms with Crippen LogP contribution in [0.3, 0.4) is 0 Å². The number of anilines is 1. The molecule has 0 unspecified atom stereocenters. The normalized spacial score (nSPS) is 10.1. The SMILES string of the molecule is CC.COCC(=O)Nc1nn(C)c2c(C)ccc(Cl)c12. The molecular weight excluding hydrogens is 278 g/mol. The molecule has 1 aromatic heterocycles. The molecule has 0 radical (unpaired) electrons. The third-order valence-corrected chi connectivity index (χ3v) is 2.99. The Labute approximate surface area is 123 Å². The molecule has 2 rings (SSSR count).